The quantitative estimate of drug-likeness (QED) is 0.320. The lowest BCUT2D eigenvalue weighted by atomic mass is 9.93. The molecule has 2 aliphatic rings. The summed E-state index contributed by atoms with van der Waals surface area (Å²) >= 11 is 1.49. The van der Waals surface area contributed by atoms with Crippen molar-refractivity contribution in [2.75, 3.05) is 12.4 Å². The molecule has 0 spiro atoms. The van der Waals surface area contributed by atoms with Crippen LogP contribution in [0.3, 0.4) is 0 Å². The summed E-state index contributed by atoms with van der Waals surface area (Å²) in [6, 6.07) is 21.7. The molecule has 8 heteroatoms. The van der Waals surface area contributed by atoms with Gasteiger partial charge in [0.2, 0.25) is 5.91 Å². The number of nitrogens with two attached hydrogens (primary N) is 1. The number of nitrogens with zero attached hydrogens (tertiary/aromatic N) is 2. The fourth-order valence-electron chi connectivity index (χ4n) is 4.06. The Labute approximate surface area is 201 Å². The number of hydrogen-bond donors (Lipinski definition) is 1. The van der Waals surface area contributed by atoms with E-state index in [9.17, 15) is 9.59 Å². The normalized spacial score (nSPS) is 19.4. The molecule has 0 unspecified atom stereocenters. The Morgan fingerprint density at radius 1 is 1.06 bits per heavy atom. The molecule has 7 nitrogen and oxygen atoms in total. The van der Waals surface area contributed by atoms with Crippen LogP contribution >= 0.6 is 11.8 Å². The van der Waals surface area contributed by atoms with E-state index in [1.807, 2.05) is 72.8 Å². The maximum Gasteiger partial charge on any atom is 0.359 e. The molecule has 2 atom stereocenters. The molecule has 5 rings (SSSR count). The predicted octanol–water partition coefficient (Wildman–Crippen LogP) is 3.29. The van der Waals surface area contributed by atoms with Crippen molar-refractivity contribution in [1.29, 1.82) is 0 Å². The van der Waals surface area contributed by atoms with Gasteiger partial charge in [0, 0.05) is 17.3 Å². The summed E-state index contributed by atoms with van der Waals surface area (Å²) in [7, 11) is 0. The van der Waals surface area contributed by atoms with E-state index in [1.54, 1.807) is 12.4 Å². The lowest BCUT2D eigenvalue weighted by Crippen LogP contribution is -2.71. The van der Waals surface area contributed by atoms with Crippen molar-refractivity contribution in [1.82, 2.24) is 9.88 Å². The zero-order valence-electron chi connectivity index (χ0n) is 18.2. The number of thioether (sulfide) groups is 1. The number of aromatic nitrogens is 1. The molecule has 3 aromatic rings. The van der Waals surface area contributed by atoms with Crippen molar-refractivity contribution in [3.05, 3.63) is 108 Å². The molecule has 34 heavy (non-hydrogen) atoms. The minimum atomic E-state index is -0.684. The van der Waals surface area contributed by atoms with Gasteiger partial charge in [0.15, 0.2) is 11.8 Å². The highest BCUT2D eigenvalue weighted by Gasteiger charge is 2.53. The molecule has 1 saturated heterocycles. The van der Waals surface area contributed by atoms with Crippen LogP contribution in [0.2, 0.25) is 0 Å². The molecule has 1 aromatic heterocycles. The van der Waals surface area contributed by atoms with Crippen LogP contribution in [0.4, 0.5) is 0 Å². The lowest BCUT2D eigenvalue weighted by molar-refractivity contribution is -0.160. The third-order valence-corrected chi connectivity index (χ3v) is 6.86. The summed E-state index contributed by atoms with van der Waals surface area (Å²) in [6.45, 7) is 0.247. The molecule has 2 aromatic carbocycles. The molecule has 172 valence electrons. The minimum Gasteiger partial charge on any atom is -0.492 e. The number of β-lactam (4-membered cyclic amide) rings is 1. The molecule has 1 amide bonds. The van der Waals surface area contributed by atoms with Crippen molar-refractivity contribution >= 4 is 23.6 Å². The number of rotatable bonds is 7. The third-order valence-electron chi connectivity index (χ3n) is 5.84. The molecular formula is C26H23N3O4S. The van der Waals surface area contributed by atoms with E-state index in [0.717, 1.165) is 16.0 Å². The van der Waals surface area contributed by atoms with Gasteiger partial charge in [0.25, 0.3) is 0 Å². The highest BCUT2D eigenvalue weighted by Crippen LogP contribution is 2.36. The van der Waals surface area contributed by atoms with Crippen LogP contribution in [-0.2, 0) is 19.1 Å². The second-order valence-corrected chi connectivity index (χ2v) is 9.01. The lowest BCUT2D eigenvalue weighted by Gasteiger charge is -2.48. The van der Waals surface area contributed by atoms with Crippen LogP contribution in [-0.4, -0.2) is 46.2 Å². The number of fused-ring (bicyclic) bond motifs is 1. The van der Waals surface area contributed by atoms with E-state index in [-0.39, 0.29) is 24.3 Å². The number of amides is 1. The van der Waals surface area contributed by atoms with Gasteiger partial charge in [-0.25, -0.2) is 4.79 Å². The van der Waals surface area contributed by atoms with E-state index in [2.05, 4.69) is 4.98 Å². The monoisotopic (exact) mass is 473 g/mol. The zero-order valence-corrected chi connectivity index (χ0v) is 19.1. The van der Waals surface area contributed by atoms with Gasteiger partial charge in [-0.2, -0.15) is 0 Å². The van der Waals surface area contributed by atoms with Crippen LogP contribution in [0.5, 0.6) is 0 Å². The van der Waals surface area contributed by atoms with Crippen LogP contribution in [0.15, 0.2) is 102 Å². The Morgan fingerprint density at radius 3 is 2.29 bits per heavy atom. The van der Waals surface area contributed by atoms with Crippen molar-refractivity contribution in [3.63, 3.8) is 0 Å². The van der Waals surface area contributed by atoms with Gasteiger partial charge in [-0.05, 0) is 23.3 Å². The standard InChI is InChI=1S/C26H23N3O4S/c27-22-20-15-32-21(16-34-19-11-13-28-14-12-19)23(29(20)25(22)30)26(31)33-24(17-7-3-1-4-8-17)18-9-5-2-6-10-18/h1-14,20,22,24H,15-16,27H2/t20-,22+/m1/s1. The largest absolute Gasteiger partial charge is 0.492 e. The summed E-state index contributed by atoms with van der Waals surface area (Å²) < 4.78 is 12.0. The van der Waals surface area contributed by atoms with Crippen molar-refractivity contribution in [3.8, 4) is 0 Å². The van der Waals surface area contributed by atoms with E-state index < -0.39 is 18.1 Å². The van der Waals surface area contributed by atoms with Gasteiger partial charge < -0.3 is 15.2 Å². The Hall–Kier alpha value is -3.62. The van der Waals surface area contributed by atoms with E-state index in [4.69, 9.17) is 15.2 Å². The van der Waals surface area contributed by atoms with Crippen molar-refractivity contribution in [2.24, 2.45) is 5.73 Å². The average Bonchev–Trinajstić information content (AvgIpc) is 2.91. The zero-order chi connectivity index (χ0) is 23.5. The van der Waals surface area contributed by atoms with Crippen LogP contribution < -0.4 is 5.73 Å². The molecule has 1 fully saturated rings. The van der Waals surface area contributed by atoms with Gasteiger partial charge in [-0.3, -0.25) is 14.7 Å². The molecule has 2 N–H and O–H groups in total. The Bertz CT molecular complexity index is 1160. The summed E-state index contributed by atoms with van der Waals surface area (Å²) in [4.78, 5) is 32.7. The van der Waals surface area contributed by atoms with Crippen molar-refractivity contribution < 1.29 is 19.1 Å². The first kappa shape index (κ1) is 22.2. The number of carbonyl (C=O) groups excluding carboxylic acids is 2. The first-order chi connectivity index (χ1) is 16.6. The summed E-state index contributed by atoms with van der Waals surface area (Å²) in [5.74, 6) is -0.152. The number of carbonyl (C=O) groups is 2. The van der Waals surface area contributed by atoms with Crippen molar-refractivity contribution in [2.45, 2.75) is 23.1 Å². The Morgan fingerprint density at radius 2 is 1.68 bits per heavy atom. The SMILES string of the molecule is N[C@@H]1C(=O)N2C(C(=O)OC(c3ccccc3)c3ccccc3)=C(CSc3ccncc3)OC[C@H]12. The predicted molar refractivity (Wildman–Crippen MR) is 127 cm³/mol. The highest BCUT2D eigenvalue weighted by atomic mass is 32.2. The number of pyridine rings is 1. The number of ether oxygens (including phenoxy) is 2. The van der Waals surface area contributed by atoms with E-state index >= 15 is 0 Å². The fraction of sp³-hybridized carbons (Fsp3) is 0.192. The van der Waals surface area contributed by atoms with Gasteiger partial charge in [-0.1, -0.05) is 60.7 Å². The van der Waals surface area contributed by atoms with Gasteiger partial charge in [0.05, 0.1) is 11.8 Å². The molecule has 3 heterocycles. The second-order valence-electron chi connectivity index (χ2n) is 7.96. The van der Waals surface area contributed by atoms with Gasteiger partial charge in [0.1, 0.15) is 18.4 Å². The summed E-state index contributed by atoms with van der Waals surface area (Å²) in [5, 5.41) is 0. The van der Waals surface area contributed by atoms with E-state index in [1.165, 1.54) is 16.7 Å². The second kappa shape index (κ2) is 9.70. The maximum atomic E-state index is 13.6. The van der Waals surface area contributed by atoms with Gasteiger partial charge >= 0.3 is 5.97 Å². The number of hydrogen-bond acceptors (Lipinski definition) is 7. The Balaban J connectivity index is 1.47. The number of esters is 1. The van der Waals surface area contributed by atoms with Crippen LogP contribution in [0.1, 0.15) is 17.2 Å². The Kier molecular flexibility index (Phi) is 6.33. The highest BCUT2D eigenvalue weighted by molar-refractivity contribution is 7.99. The molecule has 0 aliphatic carbocycles. The van der Waals surface area contributed by atoms with Gasteiger partial charge in [-0.15, -0.1) is 11.8 Å². The molecule has 0 radical (unpaired) electrons. The molecule has 0 bridgehead atoms. The minimum absolute atomic E-state index is 0.126. The maximum absolute atomic E-state index is 13.6. The average molecular weight is 474 g/mol. The first-order valence-corrected chi connectivity index (χ1v) is 11.9. The molecule has 0 saturated carbocycles. The topological polar surface area (TPSA) is 94.8 Å². The van der Waals surface area contributed by atoms with Crippen LogP contribution in [0, 0.1) is 0 Å². The molecular weight excluding hydrogens is 450 g/mol. The smallest absolute Gasteiger partial charge is 0.359 e. The third kappa shape index (κ3) is 4.30. The summed E-state index contributed by atoms with van der Waals surface area (Å²) in [5.41, 5.74) is 7.76. The fourth-order valence-corrected chi connectivity index (χ4v) is 4.89. The molecule has 2 aliphatic heterocycles. The van der Waals surface area contributed by atoms with E-state index in [0.29, 0.717) is 11.5 Å². The first-order valence-electron chi connectivity index (χ1n) is 10.9. The van der Waals surface area contributed by atoms with Crippen LogP contribution in [0.25, 0.3) is 0 Å². The summed E-state index contributed by atoms with van der Waals surface area (Å²) in [6.07, 6.45) is 2.76. The number of benzene rings is 2.